The molecule has 0 heterocycles. The van der Waals surface area contributed by atoms with Gasteiger partial charge in [-0.3, -0.25) is 18.6 Å². The molecule has 0 aromatic heterocycles. The minimum absolute atomic E-state index is 0.0392. The quantitative estimate of drug-likeness (QED) is 0.0205. The standard InChI is InChI=1S/C70H131N2O7P/c1-7-10-13-16-19-22-25-28-30-31-32-33-34-35-36-37-38-39-40-41-42-44-47-50-53-56-59-62-69(73)71-67(66-78-80(75,76)77-65-64-72(4,5)6)68(61-58-55-52-49-46-43-27-24-21-18-15-12-9-3)79-70(74)63-60-57-54-51-48-45-29-26-23-20-17-14-11-8-2/h11,14,19-20,22-23,28,30,58,61,67-68H,7-10,12-13,15-18,21,24-27,29,31-57,59-60,62-66H2,1-6H3,(H-,71,73,75,76)/p+1/b14-11+,22-19-,23-20+,30-28-,61-58-. The van der Waals surface area contributed by atoms with E-state index < -0.39 is 20.0 Å². The third-order valence-electron chi connectivity index (χ3n) is 15.2. The Bertz CT molecular complexity index is 1550. The number of ether oxygens (including phenoxy) is 1. The molecule has 0 aliphatic carbocycles. The molecule has 10 heteroatoms. The fourth-order valence-electron chi connectivity index (χ4n) is 9.95. The third kappa shape index (κ3) is 60.3. The molecule has 0 aromatic carbocycles. The van der Waals surface area contributed by atoms with E-state index in [9.17, 15) is 19.0 Å². The minimum atomic E-state index is -4.45. The number of nitrogens with one attached hydrogen (secondary N) is 1. The fourth-order valence-corrected chi connectivity index (χ4v) is 10.7. The summed E-state index contributed by atoms with van der Waals surface area (Å²) in [7, 11) is 1.50. The normalized spacial score (nSPS) is 13.9. The molecular formula is C70H132N2O7P+. The van der Waals surface area contributed by atoms with Gasteiger partial charge < -0.3 is 19.4 Å². The summed E-state index contributed by atoms with van der Waals surface area (Å²) < 4.78 is 30.8. The molecule has 468 valence electrons. The number of rotatable bonds is 62. The van der Waals surface area contributed by atoms with Crippen molar-refractivity contribution in [3.8, 4) is 0 Å². The van der Waals surface area contributed by atoms with E-state index >= 15 is 0 Å². The van der Waals surface area contributed by atoms with Gasteiger partial charge in [-0.2, -0.15) is 0 Å². The maximum absolute atomic E-state index is 13.6. The molecule has 0 aliphatic heterocycles. The van der Waals surface area contributed by atoms with Gasteiger partial charge in [-0.1, -0.05) is 281 Å². The maximum atomic E-state index is 13.6. The summed E-state index contributed by atoms with van der Waals surface area (Å²) in [6.45, 7) is 6.91. The van der Waals surface area contributed by atoms with E-state index in [0.717, 1.165) is 89.9 Å². The van der Waals surface area contributed by atoms with Crippen LogP contribution in [0.2, 0.25) is 0 Å². The van der Waals surface area contributed by atoms with Crippen LogP contribution in [0.5, 0.6) is 0 Å². The Morgan fingerprint density at radius 1 is 0.450 bits per heavy atom. The Labute approximate surface area is 496 Å². The highest BCUT2D eigenvalue weighted by Crippen LogP contribution is 2.43. The maximum Gasteiger partial charge on any atom is 0.472 e. The number of amides is 1. The Kier molecular flexibility index (Phi) is 58.1. The van der Waals surface area contributed by atoms with Gasteiger partial charge in [-0.05, 0) is 89.5 Å². The molecule has 3 unspecified atom stereocenters. The van der Waals surface area contributed by atoms with E-state index in [1.54, 1.807) is 0 Å². The second-order valence-electron chi connectivity index (χ2n) is 24.3. The van der Waals surface area contributed by atoms with Crippen LogP contribution in [0.3, 0.4) is 0 Å². The van der Waals surface area contributed by atoms with Gasteiger partial charge in [0.2, 0.25) is 5.91 Å². The molecule has 2 N–H and O–H groups in total. The van der Waals surface area contributed by atoms with Crippen LogP contribution in [0.4, 0.5) is 0 Å². The van der Waals surface area contributed by atoms with Crippen molar-refractivity contribution in [1.82, 2.24) is 5.32 Å². The van der Waals surface area contributed by atoms with Crippen LogP contribution in [0.1, 0.15) is 323 Å². The molecule has 0 aromatic rings. The predicted molar refractivity (Wildman–Crippen MR) is 346 cm³/mol. The number of nitrogens with zero attached hydrogens (tertiary/aromatic N) is 1. The zero-order chi connectivity index (χ0) is 58.6. The number of allylic oxidation sites excluding steroid dienone is 9. The number of esters is 1. The van der Waals surface area contributed by atoms with E-state index in [2.05, 4.69) is 74.7 Å². The van der Waals surface area contributed by atoms with Gasteiger partial charge in [-0.25, -0.2) is 4.57 Å². The van der Waals surface area contributed by atoms with Crippen LogP contribution >= 0.6 is 7.82 Å². The molecule has 0 radical (unpaired) electrons. The van der Waals surface area contributed by atoms with Gasteiger partial charge in [-0.15, -0.1) is 0 Å². The van der Waals surface area contributed by atoms with Crippen LogP contribution in [-0.2, 0) is 27.9 Å². The molecule has 0 rings (SSSR count). The largest absolute Gasteiger partial charge is 0.472 e. The number of hydrogen-bond donors (Lipinski definition) is 2. The van der Waals surface area contributed by atoms with Crippen LogP contribution in [0.25, 0.3) is 0 Å². The minimum Gasteiger partial charge on any atom is -0.456 e. The SMILES string of the molecule is CC/C=C/C/C=C/CCCCCCCCCC(=O)OC(/C=C\CCCCCCCCCCCCC)C(COP(=O)(O)OCC[N+](C)(C)C)NC(=O)CCCCCCCCCCCCCCCCCCC/C=C\C/C=C\CCCCC. The Morgan fingerprint density at radius 3 is 1.21 bits per heavy atom. The van der Waals surface area contributed by atoms with Crippen LogP contribution in [-0.4, -0.2) is 74.3 Å². The second kappa shape index (κ2) is 59.9. The summed E-state index contributed by atoms with van der Waals surface area (Å²) in [5.41, 5.74) is 0. The molecular weight excluding hydrogens is 1010 g/mol. The number of carbonyl (C=O) groups excluding carboxylic acids is 2. The number of quaternary nitrogens is 1. The highest BCUT2D eigenvalue weighted by Gasteiger charge is 2.30. The first-order valence-electron chi connectivity index (χ1n) is 34.1. The number of phosphoric ester groups is 1. The fraction of sp³-hybridized carbons (Fsp3) is 0.829. The van der Waals surface area contributed by atoms with Crippen molar-refractivity contribution in [2.24, 2.45) is 0 Å². The van der Waals surface area contributed by atoms with Crippen molar-refractivity contribution in [2.45, 2.75) is 335 Å². The van der Waals surface area contributed by atoms with Gasteiger partial charge in [0.15, 0.2) is 0 Å². The summed E-state index contributed by atoms with van der Waals surface area (Å²) in [5.74, 6) is -0.504. The van der Waals surface area contributed by atoms with Gasteiger partial charge in [0.25, 0.3) is 0 Å². The molecule has 3 atom stereocenters. The Hall–Kier alpha value is -2.29. The van der Waals surface area contributed by atoms with Crippen molar-refractivity contribution in [1.29, 1.82) is 0 Å². The Morgan fingerprint density at radius 2 is 0.800 bits per heavy atom. The number of phosphoric acid groups is 1. The first-order chi connectivity index (χ1) is 38.9. The Balaban J connectivity index is 5.02. The summed E-state index contributed by atoms with van der Waals surface area (Å²) in [4.78, 5) is 37.8. The number of unbranched alkanes of at least 4 members (excludes halogenated alkanes) is 38. The molecule has 0 fully saturated rings. The van der Waals surface area contributed by atoms with Crippen molar-refractivity contribution in [2.75, 3.05) is 40.9 Å². The molecule has 0 saturated carbocycles. The average molecular weight is 1140 g/mol. The van der Waals surface area contributed by atoms with E-state index in [4.69, 9.17) is 13.8 Å². The van der Waals surface area contributed by atoms with Gasteiger partial charge in [0, 0.05) is 12.8 Å². The lowest BCUT2D eigenvalue weighted by Gasteiger charge is -2.27. The average Bonchev–Trinajstić information content (AvgIpc) is 3.42. The van der Waals surface area contributed by atoms with Crippen LogP contribution in [0, 0.1) is 0 Å². The van der Waals surface area contributed by atoms with Gasteiger partial charge in [0.1, 0.15) is 19.3 Å². The van der Waals surface area contributed by atoms with E-state index in [-0.39, 0.29) is 31.5 Å². The van der Waals surface area contributed by atoms with Gasteiger partial charge >= 0.3 is 13.8 Å². The van der Waals surface area contributed by atoms with E-state index in [1.165, 1.54) is 199 Å². The summed E-state index contributed by atoms with van der Waals surface area (Å²) in [5, 5.41) is 3.07. The molecule has 0 saturated heterocycles. The molecule has 0 aliphatic rings. The van der Waals surface area contributed by atoms with Crippen molar-refractivity contribution in [3.05, 3.63) is 60.8 Å². The topological polar surface area (TPSA) is 111 Å². The zero-order valence-corrected chi connectivity index (χ0v) is 54.5. The molecule has 80 heavy (non-hydrogen) atoms. The predicted octanol–water partition coefficient (Wildman–Crippen LogP) is 21.4. The number of carbonyl (C=O) groups is 2. The first kappa shape index (κ1) is 77.7. The van der Waals surface area contributed by atoms with Crippen LogP contribution in [0.15, 0.2) is 60.8 Å². The van der Waals surface area contributed by atoms with E-state index in [0.29, 0.717) is 17.4 Å². The molecule has 9 nitrogen and oxygen atoms in total. The molecule has 0 spiro atoms. The smallest absolute Gasteiger partial charge is 0.456 e. The van der Waals surface area contributed by atoms with Gasteiger partial charge in [0.05, 0.1) is 33.8 Å². The summed E-state index contributed by atoms with van der Waals surface area (Å²) in [6.07, 6.45) is 76.6. The zero-order valence-electron chi connectivity index (χ0n) is 53.6. The number of likely N-dealkylation sites (N-methyl/N-ethyl adjacent to an activating group) is 1. The lowest BCUT2D eigenvalue weighted by atomic mass is 10.0. The second-order valence-corrected chi connectivity index (χ2v) is 25.8. The van der Waals surface area contributed by atoms with Crippen molar-refractivity contribution in [3.63, 3.8) is 0 Å². The van der Waals surface area contributed by atoms with E-state index in [1.807, 2.05) is 33.3 Å². The summed E-state index contributed by atoms with van der Waals surface area (Å²) in [6, 6.07) is -0.851. The molecule has 1 amide bonds. The highest BCUT2D eigenvalue weighted by atomic mass is 31.2. The van der Waals surface area contributed by atoms with Crippen molar-refractivity contribution >= 4 is 19.7 Å². The van der Waals surface area contributed by atoms with Crippen LogP contribution < -0.4 is 5.32 Å². The monoisotopic (exact) mass is 1140 g/mol. The molecule has 0 bridgehead atoms. The first-order valence-corrected chi connectivity index (χ1v) is 35.6. The summed E-state index contributed by atoms with van der Waals surface area (Å²) >= 11 is 0. The highest BCUT2D eigenvalue weighted by molar-refractivity contribution is 7.47. The lowest BCUT2D eigenvalue weighted by Crippen LogP contribution is -2.47. The third-order valence-corrected chi connectivity index (χ3v) is 16.2. The lowest BCUT2D eigenvalue weighted by molar-refractivity contribution is -0.870. The number of hydrogen-bond acceptors (Lipinski definition) is 6. The van der Waals surface area contributed by atoms with Crippen molar-refractivity contribution < 1.29 is 37.3 Å².